The van der Waals surface area contributed by atoms with Crippen LogP contribution in [0.3, 0.4) is 0 Å². The molecule has 1 nitrogen and oxygen atoms in total. The van der Waals surface area contributed by atoms with E-state index in [0.717, 1.165) is 6.42 Å². The molecule has 0 spiro atoms. The Morgan fingerprint density at radius 1 is 0.667 bits per heavy atom. The summed E-state index contributed by atoms with van der Waals surface area (Å²) in [4.78, 5) is 0. The van der Waals surface area contributed by atoms with Gasteiger partial charge in [-0.05, 0) is 78.6 Å². The van der Waals surface area contributed by atoms with Gasteiger partial charge in [0.1, 0.15) is 7.05 Å². The SMILES string of the molecule is Cc1ccc2c(c1)-c1ccc(C)c(-c3cc(C)c(-c4ccccc4C)c[n+]3C)c1C2. The lowest BCUT2D eigenvalue weighted by Crippen LogP contribution is -2.32. The van der Waals surface area contributed by atoms with E-state index < -0.39 is 0 Å². The molecular weight excluding hydrogens is 362 g/mol. The van der Waals surface area contributed by atoms with E-state index in [-0.39, 0.29) is 0 Å². The fourth-order valence-corrected chi connectivity index (χ4v) is 5.00. The van der Waals surface area contributed by atoms with E-state index in [9.17, 15) is 0 Å². The van der Waals surface area contributed by atoms with Crippen LogP contribution in [-0.4, -0.2) is 0 Å². The maximum atomic E-state index is 2.37. The van der Waals surface area contributed by atoms with Crippen LogP contribution in [0.4, 0.5) is 0 Å². The van der Waals surface area contributed by atoms with Gasteiger partial charge in [-0.25, -0.2) is 4.57 Å². The minimum Gasteiger partial charge on any atom is -0.200 e. The van der Waals surface area contributed by atoms with Gasteiger partial charge in [0.05, 0.1) is 5.56 Å². The fourth-order valence-electron chi connectivity index (χ4n) is 5.00. The van der Waals surface area contributed by atoms with Crippen LogP contribution in [-0.2, 0) is 13.5 Å². The molecule has 0 unspecified atom stereocenters. The van der Waals surface area contributed by atoms with E-state index >= 15 is 0 Å². The lowest BCUT2D eigenvalue weighted by molar-refractivity contribution is -0.660. The second-order valence-corrected chi connectivity index (χ2v) is 8.80. The molecule has 0 N–H and O–H groups in total. The molecule has 0 amide bonds. The molecule has 0 fully saturated rings. The van der Waals surface area contributed by atoms with Gasteiger partial charge >= 0.3 is 0 Å². The minimum absolute atomic E-state index is 1.01. The normalized spacial score (nSPS) is 12.0. The van der Waals surface area contributed by atoms with E-state index in [2.05, 4.69) is 106 Å². The first-order valence-corrected chi connectivity index (χ1v) is 10.7. The smallest absolute Gasteiger partial charge is 0.200 e. The van der Waals surface area contributed by atoms with Gasteiger partial charge < -0.3 is 0 Å². The summed E-state index contributed by atoms with van der Waals surface area (Å²) < 4.78 is 2.31. The molecule has 1 aromatic heterocycles. The summed E-state index contributed by atoms with van der Waals surface area (Å²) >= 11 is 0. The fraction of sp³-hybridized carbons (Fsp3) is 0.207. The lowest BCUT2D eigenvalue weighted by Gasteiger charge is -2.14. The summed E-state index contributed by atoms with van der Waals surface area (Å²) in [6.45, 7) is 8.85. The van der Waals surface area contributed by atoms with Crippen molar-refractivity contribution >= 4 is 0 Å². The van der Waals surface area contributed by atoms with Crippen molar-refractivity contribution < 1.29 is 4.57 Å². The maximum absolute atomic E-state index is 2.37. The average molecular weight is 391 g/mol. The van der Waals surface area contributed by atoms with Crippen molar-refractivity contribution in [2.75, 3.05) is 0 Å². The van der Waals surface area contributed by atoms with Crippen LogP contribution in [0.25, 0.3) is 33.5 Å². The molecule has 1 aliphatic rings. The molecule has 0 atom stereocenters. The highest BCUT2D eigenvalue weighted by Gasteiger charge is 2.27. The van der Waals surface area contributed by atoms with Crippen molar-refractivity contribution in [1.29, 1.82) is 0 Å². The Balaban J connectivity index is 1.70. The number of pyridine rings is 1. The van der Waals surface area contributed by atoms with Crippen molar-refractivity contribution in [3.05, 3.63) is 100 Å². The molecule has 1 heteroatoms. The Morgan fingerprint density at radius 3 is 2.27 bits per heavy atom. The number of hydrogen-bond acceptors (Lipinski definition) is 0. The molecule has 0 saturated carbocycles. The van der Waals surface area contributed by atoms with Crippen LogP contribution < -0.4 is 4.57 Å². The average Bonchev–Trinajstić information content (AvgIpc) is 3.08. The highest BCUT2D eigenvalue weighted by atomic mass is 14.9. The summed E-state index contributed by atoms with van der Waals surface area (Å²) in [6, 6.07) is 22.5. The van der Waals surface area contributed by atoms with Crippen LogP contribution >= 0.6 is 0 Å². The third kappa shape index (κ3) is 2.89. The van der Waals surface area contributed by atoms with Crippen LogP contribution in [0.1, 0.15) is 33.4 Å². The molecular formula is C29H28N+. The minimum atomic E-state index is 1.01. The molecule has 1 aliphatic carbocycles. The quantitative estimate of drug-likeness (QED) is 0.297. The van der Waals surface area contributed by atoms with Crippen LogP contribution in [0.2, 0.25) is 0 Å². The summed E-state index contributed by atoms with van der Waals surface area (Å²) in [5.41, 5.74) is 16.3. The maximum Gasteiger partial charge on any atom is 0.213 e. The van der Waals surface area contributed by atoms with Crippen molar-refractivity contribution in [1.82, 2.24) is 0 Å². The van der Waals surface area contributed by atoms with E-state index in [4.69, 9.17) is 0 Å². The Labute approximate surface area is 179 Å². The lowest BCUT2D eigenvalue weighted by atomic mass is 9.91. The predicted molar refractivity (Wildman–Crippen MR) is 126 cm³/mol. The Hall–Kier alpha value is -3.19. The molecule has 0 aliphatic heterocycles. The summed E-state index contributed by atoms with van der Waals surface area (Å²) in [7, 11) is 2.18. The highest BCUT2D eigenvalue weighted by Crippen LogP contribution is 2.43. The van der Waals surface area contributed by atoms with Gasteiger partial charge in [0, 0.05) is 11.6 Å². The van der Waals surface area contributed by atoms with Gasteiger partial charge in [-0.15, -0.1) is 0 Å². The number of nitrogens with zero attached hydrogens (tertiary/aromatic N) is 1. The molecule has 0 saturated heterocycles. The summed E-state index contributed by atoms with van der Waals surface area (Å²) in [6.07, 6.45) is 3.32. The molecule has 3 aromatic carbocycles. The molecule has 5 rings (SSSR count). The predicted octanol–water partition coefficient (Wildman–Crippen LogP) is 6.65. The van der Waals surface area contributed by atoms with Gasteiger partial charge in [-0.1, -0.05) is 60.2 Å². The van der Waals surface area contributed by atoms with Crippen molar-refractivity contribution in [3.8, 4) is 33.5 Å². The van der Waals surface area contributed by atoms with E-state index in [1.54, 1.807) is 0 Å². The van der Waals surface area contributed by atoms with Gasteiger partial charge in [-0.2, -0.15) is 0 Å². The number of aromatic nitrogens is 1. The topological polar surface area (TPSA) is 3.88 Å². The monoisotopic (exact) mass is 390 g/mol. The van der Waals surface area contributed by atoms with Crippen LogP contribution in [0, 0.1) is 27.7 Å². The Morgan fingerprint density at radius 2 is 1.47 bits per heavy atom. The zero-order valence-corrected chi connectivity index (χ0v) is 18.5. The summed E-state index contributed by atoms with van der Waals surface area (Å²) in [5, 5.41) is 0. The molecule has 0 radical (unpaired) electrons. The van der Waals surface area contributed by atoms with Gasteiger partial charge in [0.2, 0.25) is 5.69 Å². The number of benzene rings is 3. The van der Waals surface area contributed by atoms with E-state index in [0.29, 0.717) is 0 Å². The van der Waals surface area contributed by atoms with Gasteiger partial charge in [0.25, 0.3) is 0 Å². The second-order valence-electron chi connectivity index (χ2n) is 8.80. The molecule has 30 heavy (non-hydrogen) atoms. The summed E-state index contributed by atoms with van der Waals surface area (Å²) in [5.74, 6) is 0. The Bertz CT molecular complexity index is 1310. The standard InChI is InChI=1S/C29H28N/c1-18-10-12-22-16-26-24(25(22)14-18)13-11-20(3)29(26)28-15-21(4)27(17-30(28)5)23-9-7-6-8-19(23)2/h6-15,17H,16H2,1-5H3/q+1. The van der Waals surface area contributed by atoms with Crippen molar-refractivity contribution in [2.24, 2.45) is 7.05 Å². The zero-order chi connectivity index (χ0) is 21.0. The first-order valence-electron chi connectivity index (χ1n) is 10.7. The number of fused-ring (bicyclic) bond motifs is 3. The molecule has 4 aromatic rings. The second kappa shape index (κ2) is 6.95. The third-order valence-electron chi connectivity index (χ3n) is 6.62. The highest BCUT2D eigenvalue weighted by molar-refractivity contribution is 5.85. The Kier molecular flexibility index (Phi) is 4.36. The van der Waals surface area contributed by atoms with Gasteiger partial charge in [0.15, 0.2) is 6.20 Å². The van der Waals surface area contributed by atoms with Crippen molar-refractivity contribution in [2.45, 2.75) is 34.1 Å². The van der Waals surface area contributed by atoms with Crippen molar-refractivity contribution in [3.63, 3.8) is 0 Å². The van der Waals surface area contributed by atoms with Crippen LogP contribution in [0.15, 0.2) is 66.9 Å². The number of rotatable bonds is 2. The number of hydrogen-bond donors (Lipinski definition) is 0. The molecule has 1 heterocycles. The number of aryl methyl sites for hydroxylation is 5. The molecule has 0 bridgehead atoms. The van der Waals surface area contributed by atoms with E-state index in [1.165, 1.54) is 66.9 Å². The van der Waals surface area contributed by atoms with Crippen LogP contribution in [0.5, 0.6) is 0 Å². The largest absolute Gasteiger partial charge is 0.213 e. The zero-order valence-electron chi connectivity index (χ0n) is 18.5. The first kappa shape index (κ1) is 18.8. The first-order chi connectivity index (χ1) is 14.4. The van der Waals surface area contributed by atoms with Gasteiger partial charge in [-0.3, -0.25) is 0 Å². The third-order valence-corrected chi connectivity index (χ3v) is 6.62. The molecule has 148 valence electrons. The van der Waals surface area contributed by atoms with E-state index in [1.807, 2.05) is 0 Å².